The molecule has 0 spiro atoms. The van der Waals surface area contributed by atoms with Crippen LogP contribution in [0.1, 0.15) is 18.3 Å². The van der Waals surface area contributed by atoms with Gasteiger partial charge in [0.25, 0.3) is 0 Å². The molecule has 2 heterocycles. The molecule has 2 rings (SSSR count). The second-order valence-corrected chi connectivity index (χ2v) is 4.31. The third-order valence-electron chi connectivity index (χ3n) is 2.40. The first-order valence-electron chi connectivity index (χ1n) is 5.27. The molecule has 0 fully saturated rings. The van der Waals surface area contributed by atoms with Gasteiger partial charge in [-0.15, -0.1) is 5.10 Å². The van der Waals surface area contributed by atoms with Crippen LogP contribution in [0.15, 0.2) is 18.7 Å². The lowest BCUT2D eigenvalue weighted by Crippen LogP contribution is -2.06. The van der Waals surface area contributed by atoms with Gasteiger partial charge in [-0.2, -0.15) is 0 Å². The summed E-state index contributed by atoms with van der Waals surface area (Å²) in [6.45, 7) is 3.75. The van der Waals surface area contributed by atoms with E-state index in [4.69, 9.17) is 0 Å². The molecule has 0 aliphatic rings. The highest BCUT2D eigenvalue weighted by molar-refractivity contribution is 9.09. The summed E-state index contributed by atoms with van der Waals surface area (Å²) >= 11 is 3.39. The summed E-state index contributed by atoms with van der Waals surface area (Å²) < 4.78 is 3.95. The van der Waals surface area contributed by atoms with E-state index in [2.05, 4.69) is 42.7 Å². The number of halogens is 1. The number of imidazole rings is 1. The lowest BCUT2D eigenvalue weighted by molar-refractivity contribution is 0.602. The fourth-order valence-electron chi connectivity index (χ4n) is 1.56. The number of nitrogens with zero attached hydrogens (tertiary/aromatic N) is 5. The van der Waals surface area contributed by atoms with Gasteiger partial charge in [-0.3, -0.25) is 0 Å². The summed E-state index contributed by atoms with van der Waals surface area (Å²) in [4.78, 5) is 4.13. The van der Waals surface area contributed by atoms with Crippen molar-refractivity contribution in [2.24, 2.45) is 0 Å². The van der Waals surface area contributed by atoms with E-state index >= 15 is 0 Å². The second kappa shape index (κ2) is 5.25. The van der Waals surface area contributed by atoms with Crippen LogP contribution in [0.4, 0.5) is 0 Å². The fourth-order valence-corrected chi connectivity index (χ4v) is 1.96. The summed E-state index contributed by atoms with van der Waals surface area (Å²) in [6, 6.07) is 0. The smallest absolute Gasteiger partial charge is 0.0948 e. The van der Waals surface area contributed by atoms with Crippen molar-refractivity contribution in [3.8, 4) is 0 Å². The number of alkyl halides is 1. The number of hydrogen-bond donors (Lipinski definition) is 0. The van der Waals surface area contributed by atoms with Gasteiger partial charge in [0, 0.05) is 24.5 Å². The van der Waals surface area contributed by atoms with E-state index in [-0.39, 0.29) is 0 Å². The summed E-state index contributed by atoms with van der Waals surface area (Å²) in [6.07, 6.45) is 6.60. The summed E-state index contributed by atoms with van der Waals surface area (Å²) in [5.41, 5.74) is 2.16. The van der Waals surface area contributed by atoms with Crippen LogP contribution < -0.4 is 0 Å². The first kappa shape index (κ1) is 11.3. The van der Waals surface area contributed by atoms with Gasteiger partial charge in [0.15, 0.2) is 0 Å². The summed E-state index contributed by atoms with van der Waals surface area (Å²) in [7, 11) is 0. The van der Waals surface area contributed by atoms with Crippen LogP contribution in [0.3, 0.4) is 0 Å². The highest BCUT2D eigenvalue weighted by atomic mass is 79.9. The molecule has 0 saturated carbocycles. The normalized spacial score (nSPS) is 10.9. The van der Waals surface area contributed by atoms with Crippen molar-refractivity contribution in [2.75, 3.05) is 5.33 Å². The van der Waals surface area contributed by atoms with Crippen molar-refractivity contribution in [1.82, 2.24) is 24.5 Å². The van der Waals surface area contributed by atoms with Crippen LogP contribution in [0.25, 0.3) is 0 Å². The number of hydrogen-bond acceptors (Lipinski definition) is 3. The van der Waals surface area contributed by atoms with Gasteiger partial charge < -0.3 is 4.57 Å². The minimum Gasteiger partial charge on any atom is -0.333 e. The van der Waals surface area contributed by atoms with E-state index in [1.54, 1.807) is 0 Å². The zero-order chi connectivity index (χ0) is 11.4. The van der Waals surface area contributed by atoms with Gasteiger partial charge in [-0.05, 0) is 6.92 Å². The molecule has 0 bridgehead atoms. The monoisotopic (exact) mass is 283 g/mol. The Labute approximate surface area is 103 Å². The third kappa shape index (κ3) is 2.49. The maximum atomic E-state index is 4.13. The predicted molar refractivity (Wildman–Crippen MR) is 64.5 cm³/mol. The van der Waals surface area contributed by atoms with E-state index in [1.807, 2.05) is 23.4 Å². The quantitative estimate of drug-likeness (QED) is 0.781. The van der Waals surface area contributed by atoms with Crippen molar-refractivity contribution in [1.29, 1.82) is 0 Å². The first-order chi connectivity index (χ1) is 7.83. The fraction of sp³-hybridized carbons (Fsp3) is 0.500. The molecule has 0 aliphatic heterocycles. The largest absolute Gasteiger partial charge is 0.333 e. The molecule has 2 aromatic rings. The summed E-state index contributed by atoms with van der Waals surface area (Å²) in [5, 5.41) is 9.10. The van der Waals surface area contributed by atoms with E-state index in [0.717, 1.165) is 36.2 Å². The molecule has 0 aromatic carbocycles. The molecule has 0 atom stereocenters. The molecule has 0 N–H and O–H groups in total. The highest BCUT2D eigenvalue weighted by Gasteiger charge is 2.04. The second-order valence-electron chi connectivity index (χ2n) is 3.52. The van der Waals surface area contributed by atoms with Crippen LogP contribution in [0, 0.1) is 0 Å². The zero-order valence-electron chi connectivity index (χ0n) is 9.17. The molecule has 0 radical (unpaired) electrons. The summed E-state index contributed by atoms with van der Waals surface area (Å²) in [5.74, 6) is 0. The van der Waals surface area contributed by atoms with Crippen molar-refractivity contribution in [3.63, 3.8) is 0 Å². The standard InChI is InChI=1S/C10H14BrN5/c1-2-15-8-12-5-10(15)7-16-6-9(3-4-11)13-14-16/h5-6,8H,2-4,7H2,1H3. The Kier molecular flexibility index (Phi) is 3.71. The van der Waals surface area contributed by atoms with Gasteiger partial charge in [-0.1, -0.05) is 21.1 Å². The molecule has 5 nitrogen and oxygen atoms in total. The predicted octanol–water partition coefficient (Wildman–Crippen LogP) is 1.48. The molecule has 0 amide bonds. The Morgan fingerprint density at radius 3 is 3.06 bits per heavy atom. The molecule has 6 heteroatoms. The van der Waals surface area contributed by atoms with Crippen LogP contribution >= 0.6 is 15.9 Å². The van der Waals surface area contributed by atoms with Crippen LogP contribution in [0.5, 0.6) is 0 Å². The van der Waals surface area contributed by atoms with Crippen molar-refractivity contribution >= 4 is 15.9 Å². The van der Waals surface area contributed by atoms with E-state index in [9.17, 15) is 0 Å². The van der Waals surface area contributed by atoms with Gasteiger partial charge in [0.05, 0.1) is 30.5 Å². The molecular weight excluding hydrogens is 270 g/mol. The van der Waals surface area contributed by atoms with E-state index in [0.29, 0.717) is 0 Å². The Morgan fingerprint density at radius 1 is 1.44 bits per heavy atom. The zero-order valence-corrected chi connectivity index (χ0v) is 10.8. The average Bonchev–Trinajstić information content (AvgIpc) is 2.89. The Hall–Kier alpha value is -1.17. The molecule has 16 heavy (non-hydrogen) atoms. The Morgan fingerprint density at radius 2 is 2.31 bits per heavy atom. The van der Waals surface area contributed by atoms with E-state index < -0.39 is 0 Å². The molecule has 0 aliphatic carbocycles. The number of aryl methyl sites for hydroxylation is 2. The maximum absolute atomic E-state index is 4.13. The van der Waals surface area contributed by atoms with E-state index in [1.165, 1.54) is 0 Å². The number of aromatic nitrogens is 5. The van der Waals surface area contributed by atoms with Crippen LogP contribution in [-0.4, -0.2) is 29.9 Å². The van der Waals surface area contributed by atoms with Crippen LogP contribution in [-0.2, 0) is 19.5 Å². The SMILES string of the molecule is CCn1cncc1Cn1cc(CCBr)nn1. The number of rotatable bonds is 5. The first-order valence-corrected chi connectivity index (χ1v) is 6.39. The van der Waals surface area contributed by atoms with Crippen molar-refractivity contribution in [3.05, 3.63) is 30.1 Å². The minimum absolute atomic E-state index is 0.725. The topological polar surface area (TPSA) is 48.5 Å². The van der Waals surface area contributed by atoms with Gasteiger partial charge in [-0.25, -0.2) is 9.67 Å². The lowest BCUT2D eigenvalue weighted by Gasteiger charge is -2.03. The van der Waals surface area contributed by atoms with Crippen molar-refractivity contribution in [2.45, 2.75) is 26.4 Å². The minimum atomic E-state index is 0.725. The molecule has 0 saturated heterocycles. The van der Waals surface area contributed by atoms with Gasteiger partial charge in [0.1, 0.15) is 0 Å². The lowest BCUT2D eigenvalue weighted by atomic mass is 10.4. The molecule has 2 aromatic heterocycles. The molecule has 0 unspecified atom stereocenters. The van der Waals surface area contributed by atoms with Gasteiger partial charge in [0.2, 0.25) is 0 Å². The van der Waals surface area contributed by atoms with Gasteiger partial charge >= 0.3 is 0 Å². The van der Waals surface area contributed by atoms with Crippen LogP contribution in [0.2, 0.25) is 0 Å². The Bertz CT molecular complexity index is 448. The molecule has 86 valence electrons. The van der Waals surface area contributed by atoms with Crippen molar-refractivity contribution < 1.29 is 0 Å². The highest BCUT2D eigenvalue weighted by Crippen LogP contribution is 2.03. The molecular formula is C10H14BrN5. The third-order valence-corrected chi connectivity index (χ3v) is 2.80. The Balaban J connectivity index is 2.08. The average molecular weight is 284 g/mol. The maximum Gasteiger partial charge on any atom is 0.0948 e.